The molecule has 1 fully saturated rings. The highest BCUT2D eigenvalue weighted by molar-refractivity contribution is 5.69. The second kappa shape index (κ2) is 4.81. The van der Waals surface area contributed by atoms with Gasteiger partial charge in [0.2, 0.25) is 0 Å². The molecule has 5 heteroatoms. The van der Waals surface area contributed by atoms with Gasteiger partial charge in [0.1, 0.15) is 0 Å². The van der Waals surface area contributed by atoms with Gasteiger partial charge < -0.3 is 14.2 Å². The normalized spacial score (nSPS) is 28.0. The van der Waals surface area contributed by atoms with E-state index in [0.717, 1.165) is 5.56 Å². The molecule has 92 valence electrons. The van der Waals surface area contributed by atoms with Gasteiger partial charge in [0.05, 0.1) is 26.2 Å². The largest absolute Gasteiger partial charge is 0.469 e. The van der Waals surface area contributed by atoms with Gasteiger partial charge in [-0.1, -0.05) is 6.07 Å². The Labute approximate surface area is 99.7 Å². The van der Waals surface area contributed by atoms with Gasteiger partial charge in [-0.25, -0.2) is 0 Å². The number of carbonyl (C=O) groups is 1. The number of carbonyl (C=O) groups excluding carboxylic acids is 1. The van der Waals surface area contributed by atoms with E-state index >= 15 is 0 Å². The van der Waals surface area contributed by atoms with Crippen molar-refractivity contribution in [3.63, 3.8) is 0 Å². The van der Waals surface area contributed by atoms with Crippen molar-refractivity contribution in [1.82, 2.24) is 4.98 Å². The number of rotatable bonds is 3. The number of esters is 1. The van der Waals surface area contributed by atoms with E-state index < -0.39 is 5.79 Å². The van der Waals surface area contributed by atoms with E-state index in [4.69, 9.17) is 9.47 Å². The molecule has 1 aromatic rings. The summed E-state index contributed by atoms with van der Waals surface area (Å²) in [5, 5.41) is 0. The lowest BCUT2D eigenvalue weighted by Crippen LogP contribution is -2.25. The zero-order valence-electron chi connectivity index (χ0n) is 9.88. The minimum atomic E-state index is -0.826. The molecule has 0 N–H and O–H groups in total. The first-order chi connectivity index (χ1) is 8.14. The molecule has 0 bridgehead atoms. The predicted octanol–water partition coefficient (Wildman–Crippen LogP) is 1.23. The fourth-order valence-electron chi connectivity index (χ4n) is 1.79. The zero-order valence-corrected chi connectivity index (χ0v) is 9.88. The highest BCUT2D eigenvalue weighted by Crippen LogP contribution is 2.34. The van der Waals surface area contributed by atoms with Crippen LogP contribution in [0.4, 0.5) is 0 Å². The molecule has 2 rings (SSSR count). The van der Waals surface area contributed by atoms with Crippen LogP contribution in [0, 0.1) is 0 Å². The van der Waals surface area contributed by atoms with Crippen molar-refractivity contribution in [2.75, 3.05) is 13.7 Å². The molecule has 0 aromatic carbocycles. The Balaban J connectivity index is 2.03. The molecule has 1 aliphatic rings. The summed E-state index contributed by atoms with van der Waals surface area (Å²) in [7, 11) is 1.36. The first-order valence-electron chi connectivity index (χ1n) is 5.43. The summed E-state index contributed by atoms with van der Waals surface area (Å²) in [5.41, 5.74) is 0.840. The zero-order chi connectivity index (χ0) is 12.3. The number of hydrogen-bond acceptors (Lipinski definition) is 5. The van der Waals surface area contributed by atoms with Gasteiger partial charge in [-0.3, -0.25) is 9.78 Å². The Bertz CT molecular complexity index is 395. The fourth-order valence-corrected chi connectivity index (χ4v) is 1.79. The summed E-state index contributed by atoms with van der Waals surface area (Å²) in [5.74, 6) is -1.12. The average Bonchev–Trinajstić information content (AvgIpc) is 2.73. The Hall–Kier alpha value is -1.46. The van der Waals surface area contributed by atoms with Gasteiger partial charge in [0, 0.05) is 18.0 Å². The maximum atomic E-state index is 11.1. The van der Waals surface area contributed by atoms with Crippen LogP contribution in [0.15, 0.2) is 24.5 Å². The topological polar surface area (TPSA) is 57.7 Å². The second-order valence-electron chi connectivity index (χ2n) is 4.02. The molecular weight excluding hydrogens is 222 g/mol. The molecule has 17 heavy (non-hydrogen) atoms. The molecule has 1 aliphatic heterocycles. The van der Waals surface area contributed by atoms with Crippen molar-refractivity contribution >= 4 is 5.97 Å². The van der Waals surface area contributed by atoms with Crippen molar-refractivity contribution in [3.05, 3.63) is 30.1 Å². The van der Waals surface area contributed by atoms with Crippen LogP contribution in [0.3, 0.4) is 0 Å². The predicted molar refractivity (Wildman–Crippen MR) is 59.0 cm³/mol. The maximum absolute atomic E-state index is 11.1. The van der Waals surface area contributed by atoms with Crippen LogP contribution in [0.1, 0.15) is 18.9 Å². The lowest BCUT2D eigenvalue weighted by Gasteiger charge is -2.23. The van der Waals surface area contributed by atoms with E-state index in [1.54, 1.807) is 12.4 Å². The number of ether oxygens (including phenoxy) is 3. The number of pyridine rings is 1. The monoisotopic (exact) mass is 237 g/mol. The smallest absolute Gasteiger partial charge is 0.308 e. The third-order valence-corrected chi connectivity index (χ3v) is 2.74. The Morgan fingerprint density at radius 3 is 3.18 bits per heavy atom. The minimum Gasteiger partial charge on any atom is -0.469 e. The molecule has 2 unspecified atom stereocenters. The van der Waals surface area contributed by atoms with Crippen LogP contribution in [0.2, 0.25) is 0 Å². The van der Waals surface area contributed by atoms with Gasteiger partial charge >= 0.3 is 5.97 Å². The Morgan fingerprint density at radius 1 is 1.71 bits per heavy atom. The van der Waals surface area contributed by atoms with Crippen LogP contribution < -0.4 is 0 Å². The number of nitrogens with zero attached hydrogens (tertiary/aromatic N) is 1. The minimum absolute atomic E-state index is 0.201. The van der Waals surface area contributed by atoms with E-state index in [0.29, 0.717) is 6.61 Å². The summed E-state index contributed by atoms with van der Waals surface area (Å²) in [6, 6.07) is 3.70. The molecule has 0 saturated carbocycles. The second-order valence-corrected chi connectivity index (χ2v) is 4.02. The lowest BCUT2D eigenvalue weighted by atomic mass is 10.1. The van der Waals surface area contributed by atoms with E-state index in [9.17, 15) is 4.79 Å². The third kappa shape index (κ3) is 2.62. The van der Waals surface area contributed by atoms with Gasteiger partial charge in [0.15, 0.2) is 5.79 Å². The van der Waals surface area contributed by atoms with Crippen molar-refractivity contribution in [1.29, 1.82) is 0 Å². The molecule has 0 spiro atoms. The summed E-state index contributed by atoms with van der Waals surface area (Å²) in [4.78, 5) is 15.2. The van der Waals surface area contributed by atoms with Crippen molar-refractivity contribution in [2.45, 2.75) is 25.2 Å². The van der Waals surface area contributed by atoms with Crippen LogP contribution in [0.5, 0.6) is 0 Å². The maximum Gasteiger partial charge on any atom is 0.308 e. The van der Waals surface area contributed by atoms with E-state index in [1.165, 1.54) is 7.11 Å². The highest BCUT2D eigenvalue weighted by Gasteiger charge is 2.39. The van der Waals surface area contributed by atoms with Gasteiger partial charge in [-0.05, 0) is 13.0 Å². The number of methoxy groups -OCH3 is 1. The van der Waals surface area contributed by atoms with Crippen molar-refractivity contribution in [2.24, 2.45) is 0 Å². The molecule has 2 atom stereocenters. The summed E-state index contributed by atoms with van der Waals surface area (Å²) in [6.45, 7) is 2.20. The number of hydrogen-bond donors (Lipinski definition) is 0. The highest BCUT2D eigenvalue weighted by atomic mass is 16.7. The molecule has 0 radical (unpaired) electrons. The van der Waals surface area contributed by atoms with Gasteiger partial charge in [0.25, 0.3) is 0 Å². The standard InChI is InChI=1S/C12H15NO4/c1-12(9-4-3-5-13-7-9)16-8-10(17-12)6-11(14)15-2/h3-5,7,10H,6,8H2,1-2H3. The van der Waals surface area contributed by atoms with E-state index in [2.05, 4.69) is 9.72 Å². The third-order valence-electron chi connectivity index (χ3n) is 2.74. The summed E-state index contributed by atoms with van der Waals surface area (Å²) >= 11 is 0. The SMILES string of the molecule is COC(=O)CC1COC(C)(c2cccnc2)O1. The first kappa shape index (κ1) is 12.0. The van der Waals surface area contributed by atoms with E-state index in [-0.39, 0.29) is 18.5 Å². The van der Waals surface area contributed by atoms with Crippen molar-refractivity contribution in [3.8, 4) is 0 Å². The Morgan fingerprint density at radius 2 is 2.53 bits per heavy atom. The van der Waals surface area contributed by atoms with Gasteiger partial charge in [-0.15, -0.1) is 0 Å². The first-order valence-corrected chi connectivity index (χ1v) is 5.43. The van der Waals surface area contributed by atoms with Crippen molar-refractivity contribution < 1.29 is 19.0 Å². The van der Waals surface area contributed by atoms with Crippen LogP contribution in [-0.2, 0) is 24.8 Å². The molecule has 2 heterocycles. The molecule has 1 aromatic heterocycles. The lowest BCUT2D eigenvalue weighted by molar-refractivity contribution is -0.166. The summed E-state index contributed by atoms with van der Waals surface area (Å²) in [6.07, 6.45) is 3.31. The van der Waals surface area contributed by atoms with Crippen LogP contribution in [0.25, 0.3) is 0 Å². The molecular formula is C12H15NO4. The molecule has 5 nitrogen and oxygen atoms in total. The van der Waals surface area contributed by atoms with Crippen LogP contribution in [-0.4, -0.2) is 30.8 Å². The Kier molecular flexibility index (Phi) is 3.40. The number of aromatic nitrogens is 1. The average molecular weight is 237 g/mol. The summed E-state index contributed by atoms with van der Waals surface area (Å²) < 4.78 is 16.0. The van der Waals surface area contributed by atoms with Gasteiger partial charge in [-0.2, -0.15) is 0 Å². The van der Waals surface area contributed by atoms with Crippen LogP contribution >= 0.6 is 0 Å². The molecule has 1 saturated heterocycles. The molecule has 0 amide bonds. The van der Waals surface area contributed by atoms with E-state index in [1.807, 2.05) is 19.1 Å². The quantitative estimate of drug-likeness (QED) is 0.740. The molecule has 0 aliphatic carbocycles. The fraction of sp³-hybridized carbons (Fsp3) is 0.500.